The van der Waals surface area contributed by atoms with E-state index in [4.69, 9.17) is 14.7 Å². The molecule has 6 rings (SSSR count). The fourth-order valence-corrected chi connectivity index (χ4v) is 7.05. The summed E-state index contributed by atoms with van der Waals surface area (Å²) in [5, 5.41) is 11.5. The number of thiazole rings is 1. The molecule has 0 spiro atoms. The Balaban J connectivity index is 1.36. The Hall–Kier alpha value is -4.12. The number of nitrogens with one attached hydrogen (secondary N) is 2. The maximum Gasteiger partial charge on any atom is 0.407 e. The average Bonchev–Trinajstić information content (AvgIpc) is 3.74. The van der Waals surface area contributed by atoms with Crippen molar-refractivity contribution in [3.05, 3.63) is 85.0 Å². The van der Waals surface area contributed by atoms with Crippen LogP contribution in [0.15, 0.2) is 41.3 Å². The van der Waals surface area contributed by atoms with Crippen molar-refractivity contribution < 1.29 is 14.3 Å². The molecule has 1 saturated carbocycles. The Morgan fingerprint density at radius 3 is 2.68 bits per heavy atom. The van der Waals surface area contributed by atoms with E-state index in [-0.39, 0.29) is 24.1 Å². The average molecular weight is 615 g/mol. The summed E-state index contributed by atoms with van der Waals surface area (Å²) in [6, 6.07) is 9.47. The van der Waals surface area contributed by atoms with Gasteiger partial charge in [-0.05, 0) is 96.0 Å². The fourth-order valence-electron chi connectivity index (χ4n) is 6.11. The number of H-pyrrole nitrogens is 1. The van der Waals surface area contributed by atoms with Gasteiger partial charge in [-0.2, -0.15) is 5.10 Å². The quantitative estimate of drug-likeness (QED) is 0.279. The lowest BCUT2D eigenvalue weighted by Crippen LogP contribution is -2.42. The van der Waals surface area contributed by atoms with Crippen molar-refractivity contribution in [1.82, 2.24) is 30.4 Å². The summed E-state index contributed by atoms with van der Waals surface area (Å²) in [5.41, 5.74) is 2.78. The molecule has 0 aliphatic heterocycles. The second kappa shape index (κ2) is 11.4. The van der Waals surface area contributed by atoms with E-state index in [9.17, 15) is 14.4 Å². The number of ether oxygens (including phenoxy) is 1. The number of alkyl carbamates (subject to hydrolysis) is 1. The first-order chi connectivity index (χ1) is 20.9. The minimum absolute atomic E-state index is 0.0529. The number of fused-ring (bicyclic) bond motifs is 2. The van der Waals surface area contributed by atoms with Gasteiger partial charge in [-0.1, -0.05) is 12.1 Å². The van der Waals surface area contributed by atoms with Gasteiger partial charge in [-0.15, -0.1) is 11.3 Å². The van der Waals surface area contributed by atoms with E-state index >= 15 is 0 Å². The van der Waals surface area contributed by atoms with Crippen LogP contribution in [-0.4, -0.2) is 42.7 Å². The normalized spacial score (nSPS) is 17.2. The van der Waals surface area contributed by atoms with Crippen molar-refractivity contribution in [3.63, 3.8) is 0 Å². The molecule has 1 aromatic carbocycles. The second-order valence-corrected chi connectivity index (χ2v) is 14.1. The first kappa shape index (κ1) is 29.9. The highest BCUT2D eigenvalue weighted by atomic mass is 32.1. The summed E-state index contributed by atoms with van der Waals surface area (Å²) in [6.45, 7) is 9.92. The largest absolute Gasteiger partial charge is 0.444 e. The lowest BCUT2D eigenvalue weighted by Gasteiger charge is -2.37. The number of aromatic nitrogens is 4. The molecule has 1 unspecified atom stereocenters. The standard InChI is InChI=1S/C33H38N6O4S/c1-19-20(2)44-27(36-19)18-39(26-10-6-8-21-9-7-15-34-28(21)26)30(41)33(13-14-33)22-11-12-23-24(16-22)25(37-38-29(23)40)17-35-31(42)43-32(3,4)5/h7,9,11-12,15-16,26H,6,8,10,13-14,17-18H2,1-5H3,(H,35,42)(H,38,40). The summed E-state index contributed by atoms with van der Waals surface area (Å²) in [7, 11) is 0. The molecule has 0 radical (unpaired) electrons. The summed E-state index contributed by atoms with van der Waals surface area (Å²) in [4.78, 5) is 52.6. The molecule has 1 atom stereocenters. The van der Waals surface area contributed by atoms with Crippen LogP contribution in [0.25, 0.3) is 10.8 Å². The monoisotopic (exact) mass is 614 g/mol. The number of hydrogen-bond donors (Lipinski definition) is 2. The highest BCUT2D eigenvalue weighted by Gasteiger charge is 2.54. The minimum atomic E-state index is -0.722. The fraction of sp³-hybridized carbons (Fsp3) is 0.455. The van der Waals surface area contributed by atoms with Crippen molar-refractivity contribution >= 4 is 34.1 Å². The molecule has 2 aliphatic rings. The van der Waals surface area contributed by atoms with Crippen molar-refractivity contribution in [3.8, 4) is 0 Å². The Bertz CT molecular complexity index is 1780. The molecule has 44 heavy (non-hydrogen) atoms. The number of carbonyl (C=O) groups is 2. The topological polar surface area (TPSA) is 130 Å². The van der Waals surface area contributed by atoms with E-state index < -0.39 is 17.1 Å². The van der Waals surface area contributed by atoms with E-state index in [0.717, 1.165) is 46.1 Å². The number of benzene rings is 1. The van der Waals surface area contributed by atoms with Gasteiger partial charge in [-0.25, -0.2) is 14.9 Å². The van der Waals surface area contributed by atoms with Crippen molar-refractivity contribution in [2.24, 2.45) is 0 Å². The highest BCUT2D eigenvalue weighted by Crippen LogP contribution is 2.52. The van der Waals surface area contributed by atoms with Gasteiger partial charge in [0.25, 0.3) is 5.56 Å². The molecule has 230 valence electrons. The molecular formula is C33H38N6O4S. The minimum Gasteiger partial charge on any atom is -0.444 e. The molecule has 3 heterocycles. The van der Waals surface area contributed by atoms with Gasteiger partial charge in [0.2, 0.25) is 5.91 Å². The first-order valence-electron chi connectivity index (χ1n) is 15.1. The van der Waals surface area contributed by atoms with Crippen molar-refractivity contribution in [2.75, 3.05) is 0 Å². The molecule has 3 aromatic heterocycles. The third-order valence-electron chi connectivity index (χ3n) is 8.56. The number of aromatic amines is 1. The van der Waals surface area contributed by atoms with Crippen LogP contribution in [0, 0.1) is 13.8 Å². The number of aryl methyl sites for hydroxylation is 3. The van der Waals surface area contributed by atoms with Gasteiger partial charge in [0.1, 0.15) is 10.6 Å². The first-order valence-corrected chi connectivity index (χ1v) is 15.9. The van der Waals surface area contributed by atoms with Crippen molar-refractivity contribution in [2.45, 2.75) is 96.9 Å². The number of amides is 2. The molecule has 0 saturated heterocycles. The molecule has 2 amide bonds. The lowest BCUT2D eigenvalue weighted by molar-refractivity contribution is -0.137. The van der Waals surface area contributed by atoms with E-state index in [1.807, 2.05) is 36.2 Å². The van der Waals surface area contributed by atoms with E-state index in [1.54, 1.807) is 38.2 Å². The van der Waals surface area contributed by atoms with Crippen LogP contribution in [0.3, 0.4) is 0 Å². The summed E-state index contributed by atoms with van der Waals surface area (Å²) in [5.74, 6) is 0.0529. The molecule has 4 aromatic rings. The van der Waals surface area contributed by atoms with Crippen molar-refractivity contribution in [1.29, 1.82) is 0 Å². The summed E-state index contributed by atoms with van der Waals surface area (Å²) < 4.78 is 5.37. The highest BCUT2D eigenvalue weighted by molar-refractivity contribution is 7.11. The molecule has 10 nitrogen and oxygen atoms in total. The molecular weight excluding hydrogens is 576 g/mol. The van der Waals surface area contributed by atoms with E-state index in [1.165, 1.54) is 5.56 Å². The van der Waals surface area contributed by atoms with Gasteiger partial charge in [0.15, 0.2) is 0 Å². The van der Waals surface area contributed by atoms with Crippen LogP contribution in [0.5, 0.6) is 0 Å². The van der Waals surface area contributed by atoms with Crippen LogP contribution < -0.4 is 10.9 Å². The maximum atomic E-state index is 14.8. The summed E-state index contributed by atoms with van der Waals surface area (Å²) in [6.07, 6.45) is 5.41. The predicted octanol–water partition coefficient (Wildman–Crippen LogP) is 5.55. The number of pyridine rings is 1. The zero-order valence-corrected chi connectivity index (χ0v) is 26.6. The SMILES string of the molecule is Cc1nc(CN(C(=O)C2(c3ccc4c(=O)[nH]nc(CNC(=O)OC(C)(C)C)c4c3)CC2)C2CCCc3cccnc32)sc1C. The molecule has 2 N–H and O–H groups in total. The Labute approximate surface area is 260 Å². The maximum absolute atomic E-state index is 14.8. The zero-order chi connectivity index (χ0) is 31.2. The van der Waals surface area contributed by atoms with Crippen LogP contribution in [0.1, 0.15) is 90.6 Å². The van der Waals surface area contributed by atoms with Crippen LogP contribution in [0.2, 0.25) is 0 Å². The summed E-state index contributed by atoms with van der Waals surface area (Å²) >= 11 is 1.63. The van der Waals surface area contributed by atoms with Crippen LogP contribution >= 0.6 is 11.3 Å². The van der Waals surface area contributed by atoms with Gasteiger partial charge in [-0.3, -0.25) is 14.6 Å². The second-order valence-electron chi connectivity index (χ2n) is 12.8. The Morgan fingerprint density at radius 2 is 1.98 bits per heavy atom. The van der Waals surface area contributed by atoms with Crippen LogP contribution in [0.4, 0.5) is 4.79 Å². The predicted molar refractivity (Wildman–Crippen MR) is 168 cm³/mol. The Kier molecular flexibility index (Phi) is 7.77. The zero-order valence-electron chi connectivity index (χ0n) is 25.8. The van der Waals surface area contributed by atoms with Gasteiger partial charge >= 0.3 is 6.09 Å². The molecule has 0 bridgehead atoms. The molecule has 1 fully saturated rings. The number of nitrogens with zero attached hydrogens (tertiary/aromatic N) is 4. The van der Waals surface area contributed by atoms with E-state index in [2.05, 4.69) is 28.5 Å². The third-order valence-corrected chi connectivity index (χ3v) is 9.62. The molecule has 2 aliphatic carbocycles. The Morgan fingerprint density at radius 1 is 1.18 bits per heavy atom. The number of rotatable bonds is 7. The van der Waals surface area contributed by atoms with Gasteiger partial charge < -0.3 is 15.0 Å². The van der Waals surface area contributed by atoms with Crippen LogP contribution in [-0.2, 0) is 34.5 Å². The van der Waals surface area contributed by atoms with Gasteiger partial charge in [0, 0.05) is 16.5 Å². The lowest BCUT2D eigenvalue weighted by atomic mass is 9.87. The molecule has 11 heteroatoms. The number of hydrogen-bond acceptors (Lipinski definition) is 8. The van der Waals surface area contributed by atoms with E-state index in [0.29, 0.717) is 35.9 Å². The third kappa shape index (κ3) is 5.85. The van der Waals surface area contributed by atoms with Gasteiger partial charge in [0.05, 0.1) is 47.0 Å². The smallest absolute Gasteiger partial charge is 0.407 e. The number of carbonyl (C=O) groups excluding carboxylic acids is 2.